The van der Waals surface area contributed by atoms with Crippen molar-refractivity contribution in [3.05, 3.63) is 35.9 Å². The van der Waals surface area contributed by atoms with Crippen LogP contribution in [0.3, 0.4) is 0 Å². The molecule has 0 spiro atoms. The Morgan fingerprint density at radius 2 is 1.81 bits per heavy atom. The summed E-state index contributed by atoms with van der Waals surface area (Å²) in [4.78, 5) is 37.7. The van der Waals surface area contributed by atoms with Gasteiger partial charge in [-0.3, -0.25) is 9.59 Å². The fourth-order valence-corrected chi connectivity index (χ4v) is 9.32. The van der Waals surface area contributed by atoms with Gasteiger partial charge in [-0.25, -0.2) is 4.79 Å². The minimum absolute atomic E-state index is 0.0390. The Labute approximate surface area is 215 Å². The van der Waals surface area contributed by atoms with Gasteiger partial charge in [0.1, 0.15) is 11.9 Å². The third-order valence-electron chi connectivity index (χ3n) is 11.3. The van der Waals surface area contributed by atoms with Crippen molar-refractivity contribution in [2.24, 2.45) is 46.3 Å². The van der Waals surface area contributed by atoms with Gasteiger partial charge in [0.15, 0.2) is 0 Å². The lowest BCUT2D eigenvalue weighted by atomic mass is 9.44. The summed E-state index contributed by atoms with van der Waals surface area (Å²) in [6.45, 7) is 6.80. The highest BCUT2D eigenvalue weighted by Gasteiger charge is 2.64. The Kier molecular flexibility index (Phi) is 6.80. The summed E-state index contributed by atoms with van der Waals surface area (Å²) in [7, 11) is 0. The second-order valence-corrected chi connectivity index (χ2v) is 12.8. The van der Waals surface area contributed by atoms with E-state index in [-0.39, 0.29) is 35.2 Å². The summed E-state index contributed by atoms with van der Waals surface area (Å²) < 4.78 is 5.95. The largest absolute Gasteiger partial charge is 0.481 e. The molecule has 0 radical (unpaired) electrons. The fraction of sp³-hybridized carbons (Fsp3) is 0.710. The van der Waals surface area contributed by atoms with Crippen LogP contribution >= 0.6 is 0 Å². The smallest absolute Gasteiger partial charge is 0.338 e. The highest BCUT2D eigenvalue weighted by atomic mass is 16.5. The quantitative estimate of drug-likeness (QED) is 0.454. The summed E-state index contributed by atoms with van der Waals surface area (Å²) in [5, 5.41) is 9.18. The van der Waals surface area contributed by atoms with E-state index in [9.17, 15) is 19.5 Å². The zero-order valence-electron chi connectivity index (χ0n) is 22.1. The number of benzene rings is 1. The van der Waals surface area contributed by atoms with Gasteiger partial charge in [-0.15, -0.1) is 0 Å². The average molecular weight is 495 g/mol. The summed E-state index contributed by atoms with van der Waals surface area (Å²) in [6, 6.07) is 9.25. The van der Waals surface area contributed by atoms with Gasteiger partial charge in [0.25, 0.3) is 0 Å². The SMILES string of the molecule is C[C@H](CCC(=O)O)[C@H]1CC[C@H]2[C@@H]3CC[C@@H]4C[C@H](OC(=O)c5ccccc5)CC[C@]4(C)[C@H]3CC(=O)[C@]12C. The van der Waals surface area contributed by atoms with Crippen molar-refractivity contribution < 1.29 is 24.2 Å². The number of carbonyl (C=O) groups is 3. The van der Waals surface area contributed by atoms with E-state index >= 15 is 0 Å². The van der Waals surface area contributed by atoms with E-state index in [1.165, 1.54) is 0 Å². The van der Waals surface area contributed by atoms with Crippen molar-refractivity contribution in [3.63, 3.8) is 0 Å². The maximum Gasteiger partial charge on any atom is 0.338 e. The lowest BCUT2D eigenvalue weighted by Gasteiger charge is -2.60. The van der Waals surface area contributed by atoms with Crippen molar-refractivity contribution in [3.8, 4) is 0 Å². The van der Waals surface area contributed by atoms with Gasteiger partial charge in [0, 0.05) is 18.3 Å². The standard InChI is InChI=1S/C31H42O5/c1-19(9-14-28(33)34)24-12-13-25-23-11-10-21-17-22(36-29(35)20-7-5-4-6-8-20)15-16-30(21,2)26(23)18-27(32)31(24,25)3/h4-8,19,21-26H,9-18H2,1-3H3,(H,33,34)/t19-,21-,22-,23+,24-,25+,26+,30+,31-/m1/s1. The van der Waals surface area contributed by atoms with E-state index in [1.807, 2.05) is 30.3 Å². The van der Waals surface area contributed by atoms with Crippen molar-refractivity contribution >= 4 is 17.7 Å². The maximum atomic E-state index is 13.9. The maximum absolute atomic E-state index is 13.9. The number of hydrogen-bond acceptors (Lipinski definition) is 4. The minimum Gasteiger partial charge on any atom is -0.481 e. The third kappa shape index (κ3) is 4.20. The lowest BCUT2D eigenvalue weighted by Crippen LogP contribution is -2.57. The van der Waals surface area contributed by atoms with Crippen LogP contribution in [0.1, 0.15) is 95.3 Å². The van der Waals surface area contributed by atoms with Crippen LogP contribution in [-0.2, 0) is 14.3 Å². The highest BCUT2D eigenvalue weighted by Crippen LogP contribution is 2.67. The van der Waals surface area contributed by atoms with Gasteiger partial charge in [0.2, 0.25) is 0 Å². The molecule has 36 heavy (non-hydrogen) atoms. The normalized spacial score (nSPS) is 40.5. The molecule has 5 heteroatoms. The molecule has 0 heterocycles. The molecule has 4 fully saturated rings. The molecule has 9 atom stereocenters. The van der Waals surface area contributed by atoms with E-state index in [0.717, 1.165) is 44.9 Å². The Morgan fingerprint density at radius 1 is 1.06 bits per heavy atom. The molecule has 1 aromatic carbocycles. The van der Waals surface area contributed by atoms with Crippen LogP contribution in [0.2, 0.25) is 0 Å². The van der Waals surface area contributed by atoms with E-state index in [0.29, 0.717) is 53.8 Å². The van der Waals surface area contributed by atoms with E-state index in [1.54, 1.807) is 0 Å². The third-order valence-corrected chi connectivity index (χ3v) is 11.3. The number of carboxylic acids is 1. The number of carbonyl (C=O) groups excluding carboxylic acids is 2. The number of ketones is 1. The molecule has 196 valence electrons. The van der Waals surface area contributed by atoms with Gasteiger partial charge >= 0.3 is 11.9 Å². The first-order valence-corrected chi connectivity index (χ1v) is 14.2. The summed E-state index contributed by atoms with van der Waals surface area (Å²) in [5.41, 5.74) is 0.438. The summed E-state index contributed by atoms with van der Waals surface area (Å²) >= 11 is 0. The van der Waals surface area contributed by atoms with Crippen molar-refractivity contribution in [1.82, 2.24) is 0 Å². The van der Waals surface area contributed by atoms with Crippen LogP contribution in [0.5, 0.6) is 0 Å². The molecule has 0 unspecified atom stereocenters. The Hall–Kier alpha value is -2.17. The van der Waals surface area contributed by atoms with Crippen LogP contribution in [0, 0.1) is 46.3 Å². The molecular formula is C31H42O5. The van der Waals surface area contributed by atoms with E-state index < -0.39 is 5.97 Å². The van der Waals surface area contributed by atoms with E-state index in [4.69, 9.17) is 4.74 Å². The lowest BCUT2D eigenvalue weighted by molar-refractivity contribution is -0.160. The van der Waals surface area contributed by atoms with Crippen LogP contribution in [0.15, 0.2) is 30.3 Å². The van der Waals surface area contributed by atoms with Crippen molar-refractivity contribution in [1.29, 1.82) is 0 Å². The van der Waals surface area contributed by atoms with Gasteiger partial charge in [-0.05, 0) is 104 Å². The zero-order valence-corrected chi connectivity index (χ0v) is 22.1. The zero-order chi connectivity index (χ0) is 25.7. The molecule has 0 aliphatic heterocycles. The molecule has 5 nitrogen and oxygen atoms in total. The molecule has 0 saturated heterocycles. The highest BCUT2D eigenvalue weighted by molar-refractivity contribution is 5.89. The molecule has 4 aliphatic rings. The molecule has 0 aromatic heterocycles. The molecular weight excluding hydrogens is 452 g/mol. The number of fused-ring (bicyclic) bond motifs is 5. The predicted molar refractivity (Wildman–Crippen MR) is 137 cm³/mol. The summed E-state index contributed by atoms with van der Waals surface area (Å²) in [5.74, 6) is 1.93. The van der Waals surface area contributed by atoms with Crippen LogP contribution < -0.4 is 0 Å². The Bertz CT molecular complexity index is 1000. The minimum atomic E-state index is -0.743. The number of aliphatic carboxylic acids is 1. The molecule has 1 aromatic rings. The monoisotopic (exact) mass is 494 g/mol. The Morgan fingerprint density at radius 3 is 2.53 bits per heavy atom. The summed E-state index contributed by atoms with van der Waals surface area (Å²) in [6.07, 6.45) is 8.73. The fourth-order valence-electron chi connectivity index (χ4n) is 9.32. The van der Waals surface area contributed by atoms with Crippen LogP contribution in [-0.4, -0.2) is 28.9 Å². The number of hydrogen-bond donors (Lipinski definition) is 1. The molecule has 1 N–H and O–H groups in total. The van der Waals surface area contributed by atoms with Crippen LogP contribution in [0.25, 0.3) is 0 Å². The molecule has 4 saturated carbocycles. The molecule has 0 bridgehead atoms. The van der Waals surface area contributed by atoms with Gasteiger partial charge in [-0.1, -0.05) is 39.0 Å². The molecule has 5 rings (SSSR count). The van der Waals surface area contributed by atoms with Gasteiger partial charge < -0.3 is 9.84 Å². The van der Waals surface area contributed by atoms with Gasteiger partial charge in [-0.2, -0.15) is 0 Å². The van der Waals surface area contributed by atoms with Crippen molar-refractivity contribution in [2.75, 3.05) is 0 Å². The van der Waals surface area contributed by atoms with Crippen LogP contribution in [0.4, 0.5) is 0 Å². The van der Waals surface area contributed by atoms with Crippen molar-refractivity contribution in [2.45, 2.75) is 91.1 Å². The topological polar surface area (TPSA) is 80.7 Å². The molecule has 4 aliphatic carbocycles. The first-order valence-electron chi connectivity index (χ1n) is 14.2. The number of Topliss-reactive ketones (excluding diaryl/α,β-unsaturated/α-hetero) is 1. The number of carboxylic acid groups (broad SMARTS) is 1. The molecule has 0 amide bonds. The second-order valence-electron chi connectivity index (χ2n) is 12.8. The first-order chi connectivity index (χ1) is 17.1. The number of rotatable bonds is 6. The predicted octanol–water partition coefficient (Wildman–Crippen LogP) is 6.55. The first kappa shape index (κ1) is 25.5. The second kappa shape index (κ2) is 9.61. The average Bonchev–Trinajstić information content (AvgIpc) is 3.22. The van der Waals surface area contributed by atoms with E-state index in [2.05, 4.69) is 20.8 Å². The number of ether oxygens (including phenoxy) is 1. The number of esters is 1. The Balaban J connectivity index is 1.28. The van der Waals surface area contributed by atoms with Gasteiger partial charge in [0.05, 0.1) is 5.56 Å².